The molecule has 2 nitrogen and oxygen atoms in total. The first kappa shape index (κ1) is 11.5. The summed E-state index contributed by atoms with van der Waals surface area (Å²) in [4.78, 5) is 0. The van der Waals surface area contributed by atoms with E-state index in [1.54, 1.807) is 0 Å². The van der Waals surface area contributed by atoms with E-state index in [2.05, 4.69) is 29.6 Å². The molecule has 1 aromatic carbocycles. The van der Waals surface area contributed by atoms with Crippen molar-refractivity contribution in [1.82, 2.24) is 5.32 Å². The minimum atomic E-state index is 0.793. The van der Waals surface area contributed by atoms with Crippen molar-refractivity contribution in [3.05, 3.63) is 59.0 Å². The Morgan fingerprint density at radius 2 is 2.06 bits per heavy atom. The molecule has 1 fully saturated rings. The van der Waals surface area contributed by atoms with Crippen molar-refractivity contribution in [3.63, 3.8) is 0 Å². The van der Waals surface area contributed by atoms with Gasteiger partial charge in [-0.2, -0.15) is 0 Å². The van der Waals surface area contributed by atoms with E-state index in [9.17, 15) is 0 Å². The Morgan fingerprint density at radius 3 is 2.78 bits per heavy atom. The highest BCUT2D eigenvalue weighted by molar-refractivity contribution is 5.29. The van der Waals surface area contributed by atoms with Gasteiger partial charge in [0.25, 0.3) is 0 Å². The van der Waals surface area contributed by atoms with Gasteiger partial charge in [0.15, 0.2) is 0 Å². The van der Waals surface area contributed by atoms with Crippen LogP contribution in [0.3, 0.4) is 0 Å². The lowest BCUT2D eigenvalue weighted by molar-refractivity contribution is 0.461. The Hall–Kier alpha value is -1.54. The van der Waals surface area contributed by atoms with Crippen LogP contribution in [0.4, 0.5) is 0 Å². The molecule has 18 heavy (non-hydrogen) atoms. The predicted octanol–water partition coefficient (Wildman–Crippen LogP) is 3.76. The number of aryl methyl sites for hydroxylation is 1. The molecule has 1 aliphatic carbocycles. The van der Waals surface area contributed by atoms with Crippen molar-refractivity contribution in [2.24, 2.45) is 0 Å². The fourth-order valence-electron chi connectivity index (χ4n) is 2.28. The third kappa shape index (κ3) is 2.82. The van der Waals surface area contributed by atoms with E-state index >= 15 is 0 Å². The molecule has 1 saturated carbocycles. The summed E-state index contributed by atoms with van der Waals surface area (Å²) in [6, 6.07) is 13.0. The van der Waals surface area contributed by atoms with Crippen molar-refractivity contribution in [3.8, 4) is 0 Å². The lowest BCUT2D eigenvalue weighted by Gasteiger charge is -2.05. The number of benzene rings is 1. The normalized spacial score (nSPS) is 14.9. The Kier molecular flexibility index (Phi) is 3.20. The van der Waals surface area contributed by atoms with Gasteiger partial charge in [-0.25, -0.2) is 0 Å². The average Bonchev–Trinajstić information content (AvgIpc) is 3.14. The van der Waals surface area contributed by atoms with Gasteiger partial charge in [0.2, 0.25) is 0 Å². The Balaban J connectivity index is 1.54. The molecule has 0 unspecified atom stereocenters. The van der Waals surface area contributed by atoms with Crippen LogP contribution in [-0.4, -0.2) is 0 Å². The lowest BCUT2D eigenvalue weighted by atomic mass is 10.1. The zero-order chi connectivity index (χ0) is 12.4. The summed E-state index contributed by atoms with van der Waals surface area (Å²) >= 11 is 0. The summed E-state index contributed by atoms with van der Waals surface area (Å²) in [7, 11) is 0. The Labute approximate surface area is 108 Å². The maximum Gasteiger partial charge on any atom is 0.117 e. The number of nitrogens with one attached hydrogen (secondary N) is 1. The number of hydrogen-bond donors (Lipinski definition) is 1. The van der Waals surface area contributed by atoms with Crippen LogP contribution in [0.1, 0.15) is 41.4 Å². The van der Waals surface area contributed by atoms with E-state index in [1.165, 1.54) is 24.0 Å². The zero-order valence-corrected chi connectivity index (χ0v) is 10.8. The van der Waals surface area contributed by atoms with Gasteiger partial charge in [-0.3, -0.25) is 0 Å². The van der Waals surface area contributed by atoms with Crippen LogP contribution < -0.4 is 5.32 Å². The van der Waals surface area contributed by atoms with Crippen molar-refractivity contribution in [1.29, 1.82) is 0 Å². The fraction of sp³-hybridized carbons (Fsp3) is 0.375. The standard InChI is InChI=1S/C16H19NO/c1-12-5-8-16(18-12)11-17-10-13-3-2-4-15(9-13)14-6-7-14/h2-5,8-9,14,17H,6-7,10-11H2,1H3. The first-order valence-corrected chi connectivity index (χ1v) is 6.66. The van der Waals surface area contributed by atoms with Crippen molar-refractivity contribution < 1.29 is 4.42 Å². The average molecular weight is 241 g/mol. The molecule has 0 saturated heterocycles. The van der Waals surface area contributed by atoms with Crippen LogP contribution >= 0.6 is 0 Å². The van der Waals surface area contributed by atoms with Gasteiger partial charge in [-0.15, -0.1) is 0 Å². The summed E-state index contributed by atoms with van der Waals surface area (Å²) in [5, 5.41) is 3.42. The molecule has 0 aliphatic heterocycles. The third-order valence-electron chi connectivity index (χ3n) is 3.42. The zero-order valence-electron chi connectivity index (χ0n) is 10.8. The smallest absolute Gasteiger partial charge is 0.117 e. The maximum absolute atomic E-state index is 5.53. The number of rotatable bonds is 5. The molecule has 0 atom stereocenters. The molecule has 0 spiro atoms. The Bertz CT molecular complexity index is 525. The Morgan fingerprint density at radius 1 is 1.17 bits per heavy atom. The van der Waals surface area contributed by atoms with Crippen molar-refractivity contribution in [2.45, 2.75) is 38.8 Å². The molecule has 0 amide bonds. The van der Waals surface area contributed by atoms with Gasteiger partial charge in [0.1, 0.15) is 11.5 Å². The summed E-state index contributed by atoms with van der Waals surface area (Å²) in [6.45, 7) is 3.67. The predicted molar refractivity (Wildman–Crippen MR) is 72.4 cm³/mol. The number of hydrogen-bond acceptors (Lipinski definition) is 2. The largest absolute Gasteiger partial charge is 0.465 e. The van der Waals surface area contributed by atoms with E-state index < -0.39 is 0 Å². The first-order chi connectivity index (χ1) is 8.81. The fourth-order valence-corrected chi connectivity index (χ4v) is 2.28. The molecule has 0 bridgehead atoms. The number of furan rings is 1. The van der Waals surface area contributed by atoms with Gasteiger partial charge in [-0.1, -0.05) is 24.3 Å². The summed E-state index contributed by atoms with van der Waals surface area (Å²) in [6.07, 6.45) is 2.73. The van der Waals surface area contributed by atoms with E-state index in [0.717, 1.165) is 30.5 Å². The second-order valence-corrected chi connectivity index (χ2v) is 5.14. The van der Waals surface area contributed by atoms with Crippen LogP contribution in [0.2, 0.25) is 0 Å². The van der Waals surface area contributed by atoms with E-state index in [4.69, 9.17) is 4.42 Å². The molecule has 1 heterocycles. The third-order valence-corrected chi connectivity index (χ3v) is 3.42. The topological polar surface area (TPSA) is 25.2 Å². The highest BCUT2D eigenvalue weighted by atomic mass is 16.3. The van der Waals surface area contributed by atoms with Crippen LogP contribution in [0.25, 0.3) is 0 Å². The molecule has 0 radical (unpaired) electrons. The van der Waals surface area contributed by atoms with Gasteiger partial charge >= 0.3 is 0 Å². The molecule has 1 N–H and O–H groups in total. The van der Waals surface area contributed by atoms with E-state index in [-0.39, 0.29) is 0 Å². The molecule has 1 aliphatic rings. The van der Waals surface area contributed by atoms with Crippen LogP contribution in [0, 0.1) is 6.92 Å². The summed E-state index contributed by atoms with van der Waals surface area (Å²) in [5.74, 6) is 2.81. The van der Waals surface area contributed by atoms with Crippen LogP contribution in [0.15, 0.2) is 40.8 Å². The summed E-state index contributed by atoms with van der Waals surface area (Å²) < 4.78 is 5.53. The highest BCUT2D eigenvalue weighted by Gasteiger charge is 2.23. The van der Waals surface area contributed by atoms with Gasteiger partial charge in [0.05, 0.1) is 6.54 Å². The molecule has 2 aromatic rings. The molecule has 2 heteroatoms. The first-order valence-electron chi connectivity index (χ1n) is 6.66. The maximum atomic E-state index is 5.53. The molecular formula is C16H19NO. The minimum Gasteiger partial charge on any atom is -0.465 e. The summed E-state index contributed by atoms with van der Waals surface area (Å²) in [5.41, 5.74) is 2.87. The van der Waals surface area contributed by atoms with Crippen LogP contribution in [0.5, 0.6) is 0 Å². The second-order valence-electron chi connectivity index (χ2n) is 5.14. The van der Waals surface area contributed by atoms with E-state index in [0.29, 0.717) is 0 Å². The lowest BCUT2D eigenvalue weighted by Crippen LogP contribution is -2.12. The van der Waals surface area contributed by atoms with Crippen molar-refractivity contribution >= 4 is 0 Å². The van der Waals surface area contributed by atoms with Gasteiger partial charge < -0.3 is 9.73 Å². The van der Waals surface area contributed by atoms with E-state index in [1.807, 2.05) is 19.1 Å². The molecule has 94 valence electrons. The van der Waals surface area contributed by atoms with Crippen LogP contribution in [-0.2, 0) is 13.1 Å². The minimum absolute atomic E-state index is 0.793. The monoisotopic (exact) mass is 241 g/mol. The molecule has 3 rings (SSSR count). The highest BCUT2D eigenvalue weighted by Crippen LogP contribution is 2.40. The van der Waals surface area contributed by atoms with Gasteiger partial charge in [0, 0.05) is 6.54 Å². The quantitative estimate of drug-likeness (QED) is 0.862. The SMILES string of the molecule is Cc1ccc(CNCc2cccc(C3CC3)c2)o1. The molecule has 1 aromatic heterocycles. The van der Waals surface area contributed by atoms with Crippen molar-refractivity contribution in [2.75, 3.05) is 0 Å². The molecular weight excluding hydrogens is 222 g/mol. The second kappa shape index (κ2) is 4.99. The van der Waals surface area contributed by atoms with Gasteiger partial charge in [-0.05, 0) is 48.9 Å².